The van der Waals surface area contributed by atoms with Crippen molar-refractivity contribution in [2.24, 2.45) is 0 Å². The van der Waals surface area contributed by atoms with Crippen LogP contribution in [0, 0.1) is 0 Å². The van der Waals surface area contributed by atoms with Crippen LogP contribution in [0.4, 0.5) is 0 Å². The minimum atomic E-state index is 0.684. The molecule has 0 aromatic heterocycles. The molecule has 0 radical (unpaired) electrons. The van der Waals surface area contributed by atoms with Gasteiger partial charge in [-0.15, -0.1) is 12.6 Å². The van der Waals surface area contributed by atoms with Crippen LogP contribution >= 0.6 is 12.6 Å². The third-order valence-corrected chi connectivity index (χ3v) is 4.94. The second-order valence-electron chi connectivity index (χ2n) is 6.24. The fourth-order valence-corrected chi connectivity index (χ4v) is 3.47. The van der Waals surface area contributed by atoms with E-state index in [1.807, 2.05) is 0 Å². The van der Waals surface area contributed by atoms with Gasteiger partial charge in [0.1, 0.15) is 0 Å². The molecule has 114 valence electrons. The number of thiol groups is 1. The zero-order valence-electron chi connectivity index (χ0n) is 13.3. The highest BCUT2D eigenvalue weighted by Crippen LogP contribution is 2.36. The molecule has 1 heteroatoms. The van der Waals surface area contributed by atoms with E-state index in [0.29, 0.717) is 5.92 Å². The molecule has 1 aliphatic rings. The lowest BCUT2D eigenvalue weighted by atomic mass is 9.82. The summed E-state index contributed by atoms with van der Waals surface area (Å²) in [5, 5.41) is 0. The number of aryl methyl sites for hydroxylation is 1. The van der Waals surface area contributed by atoms with Gasteiger partial charge in [-0.3, -0.25) is 0 Å². The van der Waals surface area contributed by atoms with Crippen molar-refractivity contribution in [3.63, 3.8) is 0 Å². The summed E-state index contributed by atoms with van der Waals surface area (Å²) in [6.45, 7) is 2.24. The average Bonchev–Trinajstić information content (AvgIpc) is 2.57. The molecule has 0 heterocycles. The second-order valence-corrected chi connectivity index (χ2v) is 6.76. The Labute approximate surface area is 139 Å². The summed E-state index contributed by atoms with van der Waals surface area (Å²) in [7, 11) is 0. The summed E-state index contributed by atoms with van der Waals surface area (Å²) in [6.07, 6.45) is 8.43. The van der Waals surface area contributed by atoms with Gasteiger partial charge in [-0.25, -0.2) is 0 Å². The van der Waals surface area contributed by atoms with Gasteiger partial charge in [0, 0.05) is 4.90 Å². The maximum absolute atomic E-state index is 4.36. The summed E-state index contributed by atoms with van der Waals surface area (Å²) in [6, 6.07) is 17.8. The summed E-state index contributed by atoms with van der Waals surface area (Å²) < 4.78 is 0. The number of hydrogen-bond donors (Lipinski definition) is 1. The Morgan fingerprint density at radius 2 is 1.73 bits per heavy atom. The number of benzene rings is 2. The quantitative estimate of drug-likeness (QED) is 0.631. The smallest absolute Gasteiger partial charge is 0.00403 e. The summed E-state index contributed by atoms with van der Waals surface area (Å²) in [5.41, 5.74) is 5.81. The first kappa shape index (κ1) is 15.4. The van der Waals surface area contributed by atoms with Crippen LogP contribution in [0.25, 0.3) is 5.57 Å². The van der Waals surface area contributed by atoms with Crippen molar-refractivity contribution in [2.45, 2.75) is 49.8 Å². The molecular formula is C21H24S. The molecule has 2 aromatic rings. The van der Waals surface area contributed by atoms with Crippen molar-refractivity contribution >= 4 is 18.2 Å². The Bertz CT molecular complexity index is 635. The van der Waals surface area contributed by atoms with Gasteiger partial charge in [0.05, 0.1) is 0 Å². The number of hydrogen-bond acceptors (Lipinski definition) is 1. The molecule has 0 bridgehead atoms. The van der Waals surface area contributed by atoms with Crippen LogP contribution in [-0.2, 0) is 6.42 Å². The monoisotopic (exact) mass is 308 g/mol. The van der Waals surface area contributed by atoms with Gasteiger partial charge in [-0.2, -0.15) is 0 Å². The average molecular weight is 308 g/mol. The minimum absolute atomic E-state index is 0.684. The van der Waals surface area contributed by atoms with Gasteiger partial charge in [-0.1, -0.05) is 55.8 Å². The summed E-state index contributed by atoms with van der Waals surface area (Å²) in [4.78, 5) is 1.03. The predicted octanol–water partition coefficient (Wildman–Crippen LogP) is 6.28. The fraction of sp³-hybridized carbons (Fsp3) is 0.333. The van der Waals surface area contributed by atoms with Gasteiger partial charge in [0.2, 0.25) is 0 Å². The molecule has 0 spiro atoms. The molecule has 0 nitrogen and oxygen atoms in total. The Morgan fingerprint density at radius 3 is 2.32 bits per heavy atom. The Kier molecular flexibility index (Phi) is 5.04. The topological polar surface area (TPSA) is 0 Å². The van der Waals surface area contributed by atoms with E-state index in [0.717, 1.165) is 11.3 Å². The van der Waals surface area contributed by atoms with E-state index in [9.17, 15) is 0 Å². The van der Waals surface area contributed by atoms with Gasteiger partial charge >= 0.3 is 0 Å². The summed E-state index contributed by atoms with van der Waals surface area (Å²) in [5.74, 6) is 0.684. The van der Waals surface area contributed by atoms with E-state index in [-0.39, 0.29) is 0 Å². The molecular weight excluding hydrogens is 284 g/mol. The van der Waals surface area contributed by atoms with E-state index >= 15 is 0 Å². The van der Waals surface area contributed by atoms with Crippen LogP contribution < -0.4 is 0 Å². The van der Waals surface area contributed by atoms with Crippen molar-refractivity contribution in [3.05, 3.63) is 71.3 Å². The van der Waals surface area contributed by atoms with Crippen LogP contribution in [0.3, 0.4) is 0 Å². The number of allylic oxidation sites excluding steroid dienone is 2. The Hall–Kier alpha value is -1.47. The maximum Gasteiger partial charge on any atom is 0.00403 e. The molecule has 1 unspecified atom stereocenters. The molecule has 1 aliphatic carbocycles. The largest absolute Gasteiger partial charge is 0.143 e. The highest BCUT2D eigenvalue weighted by atomic mass is 32.1. The second kappa shape index (κ2) is 7.19. The molecule has 3 rings (SSSR count). The third kappa shape index (κ3) is 3.64. The molecule has 0 N–H and O–H groups in total. The van der Waals surface area contributed by atoms with E-state index in [1.165, 1.54) is 47.9 Å². The maximum atomic E-state index is 4.36. The highest BCUT2D eigenvalue weighted by molar-refractivity contribution is 7.80. The molecule has 0 amide bonds. The van der Waals surface area contributed by atoms with Gasteiger partial charge in [0.25, 0.3) is 0 Å². The van der Waals surface area contributed by atoms with Crippen molar-refractivity contribution in [2.75, 3.05) is 0 Å². The van der Waals surface area contributed by atoms with Crippen LogP contribution in [0.1, 0.15) is 55.2 Å². The highest BCUT2D eigenvalue weighted by Gasteiger charge is 2.17. The van der Waals surface area contributed by atoms with E-state index in [2.05, 4.69) is 74.2 Å². The van der Waals surface area contributed by atoms with E-state index in [4.69, 9.17) is 0 Å². The fourth-order valence-electron chi connectivity index (χ4n) is 3.32. The van der Waals surface area contributed by atoms with Crippen molar-refractivity contribution in [1.82, 2.24) is 0 Å². The molecule has 22 heavy (non-hydrogen) atoms. The van der Waals surface area contributed by atoms with Gasteiger partial charge in [-0.05, 0) is 66.0 Å². The van der Waals surface area contributed by atoms with Crippen LogP contribution in [0.2, 0.25) is 0 Å². The standard InChI is InChI=1S/C21H24S/c1-2-3-16-4-6-17(7-5-16)18-8-10-19(11-9-18)20-12-14-21(22)15-13-20/h4-7,10,12-15,18,22H,2-3,8-9,11H2,1H3. The molecule has 0 saturated heterocycles. The van der Waals surface area contributed by atoms with Crippen molar-refractivity contribution in [3.8, 4) is 0 Å². The van der Waals surface area contributed by atoms with Gasteiger partial charge in [0.15, 0.2) is 0 Å². The Balaban J connectivity index is 1.68. The van der Waals surface area contributed by atoms with Gasteiger partial charge < -0.3 is 0 Å². The Morgan fingerprint density at radius 1 is 1.00 bits per heavy atom. The molecule has 0 saturated carbocycles. The zero-order chi connectivity index (χ0) is 15.4. The van der Waals surface area contributed by atoms with Crippen LogP contribution in [0.5, 0.6) is 0 Å². The molecule has 2 aromatic carbocycles. The lowest BCUT2D eigenvalue weighted by Crippen LogP contribution is -2.04. The first-order valence-corrected chi connectivity index (χ1v) is 8.78. The SMILES string of the molecule is CCCc1ccc(C2CC=C(c3ccc(S)cc3)CC2)cc1. The summed E-state index contributed by atoms with van der Waals surface area (Å²) >= 11 is 4.36. The van der Waals surface area contributed by atoms with Crippen molar-refractivity contribution < 1.29 is 0 Å². The normalized spacial score (nSPS) is 18.1. The third-order valence-electron chi connectivity index (χ3n) is 4.64. The minimum Gasteiger partial charge on any atom is -0.143 e. The predicted molar refractivity (Wildman–Crippen MR) is 98.7 cm³/mol. The van der Waals surface area contributed by atoms with Crippen LogP contribution in [-0.4, -0.2) is 0 Å². The number of rotatable bonds is 4. The first-order chi connectivity index (χ1) is 10.8. The molecule has 0 fully saturated rings. The molecule has 0 aliphatic heterocycles. The molecule has 1 atom stereocenters. The van der Waals surface area contributed by atoms with Crippen LogP contribution in [0.15, 0.2) is 59.5 Å². The lowest BCUT2D eigenvalue weighted by Gasteiger charge is -2.23. The van der Waals surface area contributed by atoms with Crippen molar-refractivity contribution in [1.29, 1.82) is 0 Å². The van der Waals surface area contributed by atoms with E-state index < -0.39 is 0 Å². The van der Waals surface area contributed by atoms with E-state index in [1.54, 1.807) is 0 Å². The first-order valence-electron chi connectivity index (χ1n) is 8.33. The lowest BCUT2D eigenvalue weighted by molar-refractivity contribution is 0.625. The zero-order valence-corrected chi connectivity index (χ0v) is 14.2.